The van der Waals surface area contributed by atoms with Gasteiger partial charge in [-0.1, -0.05) is 6.92 Å². The van der Waals surface area contributed by atoms with E-state index in [2.05, 4.69) is 11.8 Å². The summed E-state index contributed by atoms with van der Waals surface area (Å²) in [7, 11) is 1.84. The van der Waals surface area contributed by atoms with Crippen LogP contribution in [-0.4, -0.2) is 37.7 Å². The van der Waals surface area contributed by atoms with Gasteiger partial charge in [-0.05, 0) is 31.1 Å². The molecule has 0 N–H and O–H groups in total. The maximum Gasteiger partial charge on any atom is 0.0621 e. The third-order valence-electron chi connectivity index (χ3n) is 3.43. The van der Waals surface area contributed by atoms with Crippen LogP contribution in [0.25, 0.3) is 0 Å². The van der Waals surface area contributed by atoms with Crippen LogP contribution < -0.4 is 0 Å². The molecule has 13 heavy (non-hydrogen) atoms. The predicted molar refractivity (Wildman–Crippen MR) is 53.7 cm³/mol. The van der Waals surface area contributed by atoms with Crippen LogP contribution in [0.5, 0.6) is 0 Å². The van der Waals surface area contributed by atoms with Crippen molar-refractivity contribution >= 4 is 0 Å². The Bertz CT molecular complexity index is 167. The minimum atomic E-state index is 0.510. The molecule has 2 atom stereocenters. The zero-order chi connectivity index (χ0) is 9.26. The van der Waals surface area contributed by atoms with Crippen molar-refractivity contribution in [2.45, 2.75) is 32.3 Å². The molecule has 2 heteroatoms. The molecule has 0 amide bonds. The number of methoxy groups -OCH3 is 1. The van der Waals surface area contributed by atoms with Gasteiger partial charge >= 0.3 is 0 Å². The minimum Gasteiger partial charge on any atom is -0.381 e. The molecule has 0 bridgehead atoms. The van der Waals surface area contributed by atoms with Crippen molar-refractivity contribution < 1.29 is 4.74 Å². The van der Waals surface area contributed by atoms with Gasteiger partial charge in [0.15, 0.2) is 0 Å². The molecular formula is C11H21NO. The highest BCUT2D eigenvalue weighted by molar-refractivity contribution is 4.83. The molecule has 1 heterocycles. The first-order valence-corrected chi connectivity index (χ1v) is 5.54. The average molecular weight is 183 g/mol. The summed E-state index contributed by atoms with van der Waals surface area (Å²) in [4.78, 5) is 2.62. The zero-order valence-electron chi connectivity index (χ0n) is 8.83. The molecule has 2 fully saturated rings. The minimum absolute atomic E-state index is 0.510. The molecule has 2 nitrogen and oxygen atoms in total. The third-order valence-corrected chi connectivity index (χ3v) is 3.43. The van der Waals surface area contributed by atoms with Crippen LogP contribution in [-0.2, 0) is 4.74 Å². The number of hydrogen-bond acceptors (Lipinski definition) is 2. The number of nitrogens with zero attached hydrogens (tertiary/aromatic N) is 1. The first kappa shape index (κ1) is 9.47. The summed E-state index contributed by atoms with van der Waals surface area (Å²) in [6.07, 6.45) is 4.68. The standard InChI is InChI=1S/C11H21NO/c1-9-7-12(8-10-3-4-10)6-5-11(9)13-2/h9-11H,3-8H2,1-2H3/t9-,11-/m1/s1. The van der Waals surface area contributed by atoms with Crippen LogP contribution in [0.15, 0.2) is 0 Å². The number of ether oxygens (including phenoxy) is 1. The number of rotatable bonds is 3. The topological polar surface area (TPSA) is 12.5 Å². The first-order chi connectivity index (χ1) is 6.29. The van der Waals surface area contributed by atoms with Crippen LogP contribution in [0, 0.1) is 11.8 Å². The molecule has 1 saturated carbocycles. The van der Waals surface area contributed by atoms with E-state index >= 15 is 0 Å². The highest BCUT2D eigenvalue weighted by atomic mass is 16.5. The molecule has 1 aliphatic carbocycles. The lowest BCUT2D eigenvalue weighted by atomic mass is 9.96. The van der Waals surface area contributed by atoms with E-state index in [1.807, 2.05) is 7.11 Å². The van der Waals surface area contributed by atoms with Crippen molar-refractivity contribution in [3.05, 3.63) is 0 Å². The van der Waals surface area contributed by atoms with Gasteiger partial charge in [-0.25, -0.2) is 0 Å². The molecule has 2 rings (SSSR count). The molecule has 0 unspecified atom stereocenters. The van der Waals surface area contributed by atoms with E-state index < -0.39 is 0 Å². The molecule has 1 saturated heterocycles. The number of likely N-dealkylation sites (tertiary alicyclic amines) is 1. The van der Waals surface area contributed by atoms with E-state index in [0.29, 0.717) is 6.10 Å². The highest BCUT2D eigenvalue weighted by Crippen LogP contribution is 2.31. The van der Waals surface area contributed by atoms with Crippen molar-refractivity contribution in [1.29, 1.82) is 0 Å². The maximum absolute atomic E-state index is 5.45. The normalized spacial score (nSPS) is 36.5. The molecule has 0 aromatic rings. The fourth-order valence-electron chi connectivity index (χ4n) is 2.39. The van der Waals surface area contributed by atoms with E-state index in [1.165, 1.54) is 38.9 Å². The Morgan fingerprint density at radius 3 is 2.62 bits per heavy atom. The van der Waals surface area contributed by atoms with Crippen molar-refractivity contribution in [3.63, 3.8) is 0 Å². The first-order valence-electron chi connectivity index (χ1n) is 5.54. The van der Waals surface area contributed by atoms with E-state index in [-0.39, 0.29) is 0 Å². The molecule has 0 aromatic carbocycles. The lowest BCUT2D eigenvalue weighted by Gasteiger charge is -2.36. The van der Waals surface area contributed by atoms with Crippen LogP contribution in [0.1, 0.15) is 26.2 Å². The summed E-state index contributed by atoms with van der Waals surface area (Å²) < 4.78 is 5.45. The maximum atomic E-state index is 5.45. The van der Waals surface area contributed by atoms with E-state index in [0.717, 1.165) is 11.8 Å². The van der Waals surface area contributed by atoms with Crippen LogP contribution in [0.4, 0.5) is 0 Å². The van der Waals surface area contributed by atoms with Crippen LogP contribution >= 0.6 is 0 Å². The van der Waals surface area contributed by atoms with Crippen molar-refractivity contribution in [2.75, 3.05) is 26.7 Å². The lowest BCUT2D eigenvalue weighted by Crippen LogP contribution is -2.43. The average Bonchev–Trinajstić information content (AvgIpc) is 2.89. The quantitative estimate of drug-likeness (QED) is 0.661. The van der Waals surface area contributed by atoms with Gasteiger partial charge in [-0.15, -0.1) is 0 Å². The summed E-state index contributed by atoms with van der Waals surface area (Å²) in [5.41, 5.74) is 0. The van der Waals surface area contributed by atoms with Gasteiger partial charge in [0.25, 0.3) is 0 Å². The molecular weight excluding hydrogens is 162 g/mol. The van der Waals surface area contributed by atoms with Gasteiger partial charge < -0.3 is 9.64 Å². The molecule has 0 spiro atoms. The molecule has 0 aromatic heterocycles. The van der Waals surface area contributed by atoms with Gasteiger partial charge in [-0.3, -0.25) is 0 Å². The van der Waals surface area contributed by atoms with E-state index in [9.17, 15) is 0 Å². The summed E-state index contributed by atoms with van der Waals surface area (Å²) in [6, 6.07) is 0. The second kappa shape index (κ2) is 3.97. The molecule has 76 valence electrons. The number of hydrogen-bond donors (Lipinski definition) is 0. The number of piperidine rings is 1. The summed E-state index contributed by atoms with van der Waals surface area (Å²) in [5, 5.41) is 0. The fourth-order valence-corrected chi connectivity index (χ4v) is 2.39. The van der Waals surface area contributed by atoms with Crippen molar-refractivity contribution in [3.8, 4) is 0 Å². The van der Waals surface area contributed by atoms with Gasteiger partial charge in [0, 0.05) is 26.7 Å². The predicted octanol–water partition coefficient (Wildman–Crippen LogP) is 1.75. The van der Waals surface area contributed by atoms with Crippen LogP contribution in [0.2, 0.25) is 0 Å². The summed E-state index contributed by atoms with van der Waals surface area (Å²) >= 11 is 0. The van der Waals surface area contributed by atoms with Crippen molar-refractivity contribution in [2.24, 2.45) is 11.8 Å². The Kier molecular flexibility index (Phi) is 2.89. The molecule has 0 radical (unpaired) electrons. The van der Waals surface area contributed by atoms with Gasteiger partial charge in [0.1, 0.15) is 0 Å². The second-order valence-electron chi connectivity index (χ2n) is 4.74. The van der Waals surface area contributed by atoms with Crippen LogP contribution in [0.3, 0.4) is 0 Å². The highest BCUT2D eigenvalue weighted by Gasteiger charge is 2.30. The van der Waals surface area contributed by atoms with E-state index in [4.69, 9.17) is 4.74 Å². The molecule has 2 aliphatic rings. The Hall–Kier alpha value is -0.0800. The lowest BCUT2D eigenvalue weighted by molar-refractivity contribution is -0.000549. The fraction of sp³-hybridized carbons (Fsp3) is 1.00. The monoisotopic (exact) mass is 183 g/mol. The van der Waals surface area contributed by atoms with Gasteiger partial charge in [0.05, 0.1) is 6.10 Å². The van der Waals surface area contributed by atoms with Gasteiger partial charge in [-0.2, -0.15) is 0 Å². The van der Waals surface area contributed by atoms with Gasteiger partial charge in [0.2, 0.25) is 0 Å². The molecule has 1 aliphatic heterocycles. The Morgan fingerprint density at radius 2 is 2.08 bits per heavy atom. The van der Waals surface area contributed by atoms with E-state index in [1.54, 1.807) is 0 Å². The SMILES string of the molecule is CO[C@@H]1CCN(CC2CC2)C[C@H]1C. The Labute approximate surface area is 81.3 Å². The Balaban J connectivity index is 1.76. The Morgan fingerprint density at radius 1 is 1.31 bits per heavy atom. The largest absolute Gasteiger partial charge is 0.381 e. The zero-order valence-corrected chi connectivity index (χ0v) is 8.83. The summed E-state index contributed by atoms with van der Waals surface area (Å²) in [6.45, 7) is 6.16. The van der Waals surface area contributed by atoms with Crippen molar-refractivity contribution in [1.82, 2.24) is 4.90 Å². The summed E-state index contributed by atoms with van der Waals surface area (Å²) in [5.74, 6) is 1.75. The smallest absolute Gasteiger partial charge is 0.0621 e. The second-order valence-corrected chi connectivity index (χ2v) is 4.74. The third kappa shape index (κ3) is 2.44.